The Balaban J connectivity index is 1.25. The van der Waals surface area contributed by atoms with E-state index in [-0.39, 0.29) is 75.0 Å². The fourth-order valence-corrected chi connectivity index (χ4v) is 11.1. The van der Waals surface area contributed by atoms with Crippen LogP contribution in [0.3, 0.4) is 0 Å². The van der Waals surface area contributed by atoms with E-state index in [1.807, 2.05) is 54.6 Å². The number of nitro benzene ring substituents is 2. The first-order valence-electron chi connectivity index (χ1n) is 25.5. The molecule has 9 rings (SSSR count). The maximum Gasteiger partial charge on any atom is 0.416 e. The number of halogens is 1. The van der Waals surface area contributed by atoms with Crippen LogP contribution in [0.5, 0.6) is 17.2 Å². The van der Waals surface area contributed by atoms with Crippen molar-refractivity contribution in [1.29, 1.82) is 0 Å². The van der Waals surface area contributed by atoms with Gasteiger partial charge in [0.05, 0.1) is 34.6 Å². The molecular formula is C59H59FN4O12. The number of hydrogen-bond donors (Lipinski definition) is 2. The smallest absolute Gasteiger partial charge is 0.416 e. The summed E-state index contributed by atoms with van der Waals surface area (Å²) in [6.07, 6.45) is 6.82. The number of allylic oxidation sites excluding steroid dienone is 1. The Kier molecular flexibility index (Phi) is 16.8. The number of aliphatic hydroxyl groups is 2. The van der Waals surface area contributed by atoms with E-state index < -0.39 is 45.4 Å². The third-order valence-corrected chi connectivity index (χ3v) is 14.6. The van der Waals surface area contributed by atoms with Crippen molar-refractivity contribution in [3.8, 4) is 17.2 Å². The molecule has 1 saturated carbocycles. The number of rotatable bonds is 23. The van der Waals surface area contributed by atoms with Gasteiger partial charge in [0.1, 0.15) is 42.3 Å². The highest BCUT2D eigenvalue weighted by Crippen LogP contribution is 2.62. The molecule has 0 radical (unpaired) electrons. The lowest BCUT2D eigenvalue weighted by atomic mass is 9.55. The predicted molar refractivity (Wildman–Crippen MR) is 282 cm³/mol. The molecule has 0 aromatic heterocycles. The van der Waals surface area contributed by atoms with Gasteiger partial charge in [-0.3, -0.25) is 25.1 Å². The Morgan fingerprint density at radius 1 is 0.816 bits per heavy atom. The van der Waals surface area contributed by atoms with Crippen LogP contribution >= 0.6 is 0 Å². The normalized spacial score (nSPS) is 20.9. The Bertz CT molecular complexity index is 3110. The van der Waals surface area contributed by atoms with Crippen LogP contribution < -0.4 is 14.2 Å². The quantitative estimate of drug-likeness (QED) is 0.0266. The highest BCUT2D eigenvalue weighted by molar-refractivity contribution is 6.03. The summed E-state index contributed by atoms with van der Waals surface area (Å²) in [7, 11) is 0. The van der Waals surface area contributed by atoms with E-state index in [9.17, 15) is 34.8 Å². The summed E-state index contributed by atoms with van der Waals surface area (Å²) in [5.41, 5.74) is 3.50. The largest absolute Gasteiger partial charge is 0.489 e. The summed E-state index contributed by atoms with van der Waals surface area (Å²) >= 11 is 0. The maximum atomic E-state index is 15.4. The van der Waals surface area contributed by atoms with Gasteiger partial charge in [-0.2, -0.15) is 0 Å². The Morgan fingerprint density at radius 2 is 1.49 bits per heavy atom. The molecule has 0 saturated heterocycles. The molecule has 6 aromatic carbocycles. The highest BCUT2D eigenvalue weighted by atomic mass is 19.1. The summed E-state index contributed by atoms with van der Waals surface area (Å²) in [4.78, 5) is 45.4. The number of amides is 1. The van der Waals surface area contributed by atoms with E-state index in [2.05, 4.69) is 12.7 Å². The van der Waals surface area contributed by atoms with Crippen LogP contribution in [0, 0.1) is 43.8 Å². The number of fused-ring (bicyclic) bond motifs is 3. The van der Waals surface area contributed by atoms with E-state index in [1.165, 1.54) is 42.5 Å². The fraction of sp³-hybridized carbons (Fsp3) is 0.322. The van der Waals surface area contributed by atoms with E-state index in [0.29, 0.717) is 66.9 Å². The van der Waals surface area contributed by atoms with Gasteiger partial charge < -0.3 is 34.0 Å². The summed E-state index contributed by atoms with van der Waals surface area (Å²) in [6, 6.07) is 35.7. The van der Waals surface area contributed by atoms with Crippen LogP contribution in [0.15, 0.2) is 163 Å². The molecule has 1 amide bonds. The number of nitro groups is 2. The minimum atomic E-state index is -1.71. The summed E-state index contributed by atoms with van der Waals surface area (Å²) < 4.78 is 42.1. The number of non-ortho nitro benzene ring substituents is 2. The van der Waals surface area contributed by atoms with Crippen LogP contribution in [-0.2, 0) is 29.3 Å². The van der Waals surface area contributed by atoms with Crippen molar-refractivity contribution >= 4 is 34.0 Å². The SMILES string of the molecule is C=CCO[C@@]12Oc3ccc(OCc4ccccc4F)cc3[C@H]3[C@H](CCCCO)[C@@H](CCCCO)C=C(C(=NOCc4ccc([N+](=O)[O-])cc4)C[C@@H]1N(Cc1cccc4ccccc14)C(=O)Oc1ccc([N+](=O)[O-])cc1)[C@H]32. The molecule has 1 heterocycles. The minimum Gasteiger partial charge on any atom is -0.489 e. The molecule has 17 heteroatoms. The van der Waals surface area contributed by atoms with Gasteiger partial charge in [-0.25, -0.2) is 9.18 Å². The van der Waals surface area contributed by atoms with Gasteiger partial charge in [-0.1, -0.05) is 90.8 Å². The van der Waals surface area contributed by atoms with E-state index in [1.54, 1.807) is 47.4 Å². The molecule has 6 aromatic rings. The first-order chi connectivity index (χ1) is 37.0. The number of oxime groups is 1. The average molecular weight is 1040 g/mol. The molecule has 394 valence electrons. The first kappa shape index (κ1) is 52.9. The number of hydrogen-bond acceptors (Lipinski definition) is 13. The molecule has 3 aliphatic rings. The molecule has 6 atom stereocenters. The van der Waals surface area contributed by atoms with Gasteiger partial charge in [0.15, 0.2) is 0 Å². The zero-order chi connectivity index (χ0) is 53.2. The number of aliphatic hydroxyl groups excluding tert-OH is 2. The van der Waals surface area contributed by atoms with Crippen LogP contribution in [0.4, 0.5) is 20.6 Å². The zero-order valence-electron chi connectivity index (χ0n) is 41.8. The monoisotopic (exact) mass is 1030 g/mol. The maximum absolute atomic E-state index is 15.4. The molecule has 0 spiro atoms. The number of nitrogens with zero attached hydrogens (tertiary/aromatic N) is 4. The third kappa shape index (κ3) is 11.5. The van der Waals surface area contributed by atoms with Crippen LogP contribution in [0.25, 0.3) is 10.8 Å². The van der Waals surface area contributed by atoms with Crippen molar-refractivity contribution in [3.63, 3.8) is 0 Å². The lowest BCUT2D eigenvalue weighted by Gasteiger charge is -2.59. The number of unbranched alkanes of at least 4 members (excludes halogenated alkanes) is 2. The second-order valence-corrected chi connectivity index (χ2v) is 19.2. The number of carbonyl (C=O) groups excluding carboxylic acids is 1. The standard InChI is InChI=1S/C59H59FN4O12/c1-2-32-73-59-55(62(36-42-16-11-15-40-12-3-5-17-48(40)42)58(67)75-46-26-24-45(25-27-46)64(70)71)35-53(61-74-37-39-20-22-44(23-21-39)63(68)69)50-33-41(13-7-9-30-65)49(18-8-10-31-66)56(57(50)59)51-34-47(28-29-54(51)76-59)72-38-43-14-4-6-19-52(43)60/h2-6,11-12,14-17,19-29,33-34,41,49,55-57,65-66H,1,7-10,13,18,30-32,35-38H2/t41-,49+,55-,56+,57+,59+/m0/s1. The Hall–Kier alpha value is -7.99. The number of ether oxygens (including phenoxy) is 4. The topological polar surface area (TPSA) is 206 Å². The lowest BCUT2D eigenvalue weighted by Crippen LogP contribution is -2.70. The third-order valence-electron chi connectivity index (χ3n) is 14.6. The first-order valence-corrected chi connectivity index (χ1v) is 25.5. The summed E-state index contributed by atoms with van der Waals surface area (Å²) in [5.74, 6) is -2.58. The second kappa shape index (κ2) is 24.1. The van der Waals surface area contributed by atoms with Gasteiger partial charge in [0, 0.05) is 60.9 Å². The molecule has 76 heavy (non-hydrogen) atoms. The molecule has 0 bridgehead atoms. The number of carbonyl (C=O) groups is 1. The highest BCUT2D eigenvalue weighted by Gasteiger charge is 2.66. The fourth-order valence-electron chi connectivity index (χ4n) is 11.1. The molecule has 1 aliphatic heterocycles. The van der Waals surface area contributed by atoms with Crippen molar-refractivity contribution in [1.82, 2.24) is 4.90 Å². The van der Waals surface area contributed by atoms with Crippen LogP contribution in [0.1, 0.15) is 73.1 Å². The van der Waals surface area contributed by atoms with Gasteiger partial charge in [0.2, 0.25) is 5.79 Å². The molecular weight excluding hydrogens is 976 g/mol. The molecule has 0 unspecified atom stereocenters. The van der Waals surface area contributed by atoms with E-state index in [0.717, 1.165) is 27.5 Å². The van der Waals surface area contributed by atoms with Crippen molar-refractivity contribution in [2.45, 2.75) is 82.5 Å². The lowest BCUT2D eigenvalue weighted by molar-refractivity contribution is -0.385. The second-order valence-electron chi connectivity index (χ2n) is 19.2. The van der Waals surface area contributed by atoms with Gasteiger partial charge in [-0.15, -0.1) is 6.58 Å². The van der Waals surface area contributed by atoms with Gasteiger partial charge in [0.25, 0.3) is 11.4 Å². The molecule has 1 fully saturated rings. The van der Waals surface area contributed by atoms with E-state index >= 15 is 4.79 Å². The Morgan fingerprint density at radius 3 is 2.21 bits per heavy atom. The van der Waals surface area contributed by atoms with Gasteiger partial charge >= 0.3 is 6.09 Å². The summed E-state index contributed by atoms with van der Waals surface area (Å²) in [6.45, 7) is 3.88. The number of benzene rings is 6. The zero-order valence-corrected chi connectivity index (χ0v) is 41.8. The van der Waals surface area contributed by atoms with Crippen molar-refractivity contribution in [2.24, 2.45) is 22.9 Å². The van der Waals surface area contributed by atoms with Gasteiger partial charge in [-0.05, 0) is 114 Å². The van der Waals surface area contributed by atoms with Crippen LogP contribution in [0.2, 0.25) is 0 Å². The predicted octanol–water partition coefficient (Wildman–Crippen LogP) is 11.9. The summed E-state index contributed by atoms with van der Waals surface area (Å²) in [5, 5.41) is 50.1. The van der Waals surface area contributed by atoms with Crippen molar-refractivity contribution in [2.75, 3.05) is 19.8 Å². The average Bonchev–Trinajstić information content (AvgIpc) is 3.61. The van der Waals surface area contributed by atoms with E-state index in [4.69, 9.17) is 28.9 Å². The molecule has 2 aliphatic carbocycles. The van der Waals surface area contributed by atoms with Crippen molar-refractivity contribution < 1.29 is 53.0 Å². The molecule has 16 nitrogen and oxygen atoms in total. The Labute approximate surface area is 438 Å². The van der Waals surface area contributed by atoms with Crippen LogP contribution in [-0.4, -0.2) is 68.4 Å². The van der Waals surface area contributed by atoms with Crippen molar-refractivity contribution in [3.05, 3.63) is 206 Å². The minimum absolute atomic E-state index is 0.00963. The molecule has 2 N–H and O–H groups in total.